The van der Waals surface area contributed by atoms with Crippen LogP contribution in [0.1, 0.15) is 28.0 Å². The molecule has 1 aromatic carbocycles. The molecule has 8 nitrogen and oxygen atoms in total. The minimum absolute atomic E-state index is 0.226. The lowest BCUT2D eigenvalue weighted by molar-refractivity contribution is 0.0943. The van der Waals surface area contributed by atoms with Crippen LogP contribution in [-0.4, -0.2) is 56.9 Å². The minimum atomic E-state index is -0.226. The van der Waals surface area contributed by atoms with Gasteiger partial charge < -0.3 is 24.4 Å². The molecule has 1 N–H and O–H groups in total. The summed E-state index contributed by atoms with van der Waals surface area (Å²) in [7, 11) is 4.91. The summed E-state index contributed by atoms with van der Waals surface area (Å²) in [5.74, 6) is 1.98. The summed E-state index contributed by atoms with van der Waals surface area (Å²) in [4.78, 5) is 23.0. The van der Waals surface area contributed by atoms with Gasteiger partial charge in [0.2, 0.25) is 0 Å². The normalized spacial score (nSPS) is 13.0. The number of rotatable bonds is 8. The van der Waals surface area contributed by atoms with E-state index in [0.717, 1.165) is 36.7 Å². The highest BCUT2D eigenvalue weighted by atomic mass is 16.5. The fourth-order valence-corrected chi connectivity index (χ4v) is 3.19. The number of amides is 1. The second-order valence-electron chi connectivity index (χ2n) is 6.51. The van der Waals surface area contributed by atoms with Gasteiger partial charge in [-0.2, -0.15) is 0 Å². The predicted molar refractivity (Wildman–Crippen MR) is 105 cm³/mol. The summed E-state index contributed by atoms with van der Waals surface area (Å²) >= 11 is 0. The Kier molecular flexibility index (Phi) is 6.65. The van der Waals surface area contributed by atoms with Crippen LogP contribution in [0.3, 0.4) is 0 Å². The fourth-order valence-electron chi connectivity index (χ4n) is 3.19. The van der Waals surface area contributed by atoms with Crippen molar-refractivity contribution in [3.8, 4) is 11.5 Å². The standard InChI is InChI=1S/C20H26N4O4/c1-26-8-4-6-21-20(25)16-11-23-19(12-22-16)24-7-5-14-9-17(27-2)18(28-3)10-15(14)13-24/h9-12H,4-8,13H2,1-3H3,(H,21,25). The Morgan fingerprint density at radius 3 is 2.50 bits per heavy atom. The number of hydrogen-bond acceptors (Lipinski definition) is 7. The number of aromatic nitrogens is 2. The van der Waals surface area contributed by atoms with Crippen molar-refractivity contribution in [3.05, 3.63) is 41.3 Å². The molecule has 1 amide bonds. The number of methoxy groups -OCH3 is 3. The van der Waals surface area contributed by atoms with Crippen LogP contribution in [-0.2, 0) is 17.7 Å². The van der Waals surface area contributed by atoms with E-state index in [1.54, 1.807) is 27.5 Å². The van der Waals surface area contributed by atoms with E-state index < -0.39 is 0 Å². The Labute approximate surface area is 164 Å². The molecule has 3 rings (SSSR count). The molecule has 150 valence electrons. The third kappa shape index (κ3) is 4.51. The topological polar surface area (TPSA) is 85.8 Å². The number of fused-ring (bicyclic) bond motifs is 1. The van der Waals surface area contributed by atoms with Gasteiger partial charge >= 0.3 is 0 Å². The molecule has 0 unspecified atom stereocenters. The lowest BCUT2D eigenvalue weighted by Crippen LogP contribution is -2.31. The van der Waals surface area contributed by atoms with Gasteiger partial charge in [0.05, 0.1) is 26.6 Å². The highest BCUT2D eigenvalue weighted by Crippen LogP contribution is 2.33. The molecule has 1 aliphatic rings. The number of carbonyl (C=O) groups is 1. The van der Waals surface area contributed by atoms with E-state index in [2.05, 4.69) is 20.2 Å². The van der Waals surface area contributed by atoms with Crippen molar-refractivity contribution in [1.29, 1.82) is 0 Å². The molecule has 0 saturated heterocycles. The average molecular weight is 386 g/mol. The molecule has 0 spiro atoms. The van der Waals surface area contributed by atoms with E-state index in [1.807, 2.05) is 12.1 Å². The van der Waals surface area contributed by atoms with Crippen LogP contribution in [0.5, 0.6) is 11.5 Å². The van der Waals surface area contributed by atoms with Crippen molar-refractivity contribution < 1.29 is 19.0 Å². The first-order chi connectivity index (χ1) is 13.7. The zero-order valence-corrected chi connectivity index (χ0v) is 16.5. The van der Waals surface area contributed by atoms with Crippen molar-refractivity contribution >= 4 is 11.7 Å². The summed E-state index contributed by atoms with van der Waals surface area (Å²) in [5, 5.41) is 2.81. The fraction of sp³-hybridized carbons (Fsp3) is 0.450. The summed E-state index contributed by atoms with van der Waals surface area (Å²) in [6, 6.07) is 4.05. The maximum Gasteiger partial charge on any atom is 0.271 e. The summed E-state index contributed by atoms with van der Waals surface area (Å²) < 4.78 is 15.8. The smallest absolute Gasteiger partial charge is 0.271 e. The third-order valence-corrected chi connectivity index (χ3v) is 4.72. The van der Waals surface area contributed by atoms with Crippen molar-refractivity contribution in [1.82, 2.24) is 15.3 Å². The second-order valence-corrected chi connectivity index (χ2v) is 6.51. The average Bonchev–Trinajstić information content (AvgIpc) is 2.75. The van der Waals surface area contributed by atoms with E-state index in [-0.39, 0.29) is 5.91 Å². The third-order valence-electron chi connectivity index (χ3n) is 4.72. The first-order valence-corrected chi connectivity index (χ1v) is 9.24. The Morgan fingerprint density at radius 2 is 1.86 bits per heavy atom. The van der Waals surface area contributed by atoms with Gasteiger partial charge in [0.25, 0.3) is 5.91 Å². The number of benzene rings is 1. The Hall–Kier alpha value is -2.87. The van der Waals surface area contributed by atoms with Crippen LogP contribution >= 0.6 is 0 Å². The molecular weight excluding hydrogens is 360 g/mol. The first kappa shape index (κ1) is 19.9. The molecule has 0 saturated carbocycles. The lowest BCUT2D eigenvalue weighted by Gasteiger charge is -2.30. The number of ether oxygens (including phenoxy) is 3. The number of hydrogen-bond donors (Lipinski definition) is 1. The zero-order valence-electron chi connectivity index (χ0n) is 16.5. The maximum absolute atomic E-state index is 12.1. The Bertz CT molecular complexity index is 811. The molecule has 0 fully saturated rings. The van der Waals surface area contributed by atoms with E-state index >= 15 is 0 Å². The van der Waals surface area contributed by atoms with Crippen LogP contribution in [0, 0.1) is 0 Å². The molecule has 0 radical (unpaired) electrons. The van der Waals surface area contributed by atoms with Crippen LogP contribution < -0.4 is 19.7 Å². The van der Waals surface area contributed by atoms with Gasteiger partial charge in [-0.05, 0) is 36.1 Å². The Balaban J connectivity index is 1.66. The zero-order chi connectivity index (χ0) is 19.9. The molecule has 28 heavy (non-hydrogen) atoms. The lowest BCUT2D eigenvalue weighted by atomic mass is 9.99. The van der Waals surface area contributed by atoms with Crippen LogP contribution in [0.4, 0.5) is 5.82 Å². The van der Waals surface area contributed by atoms with Crippen molar-refractivity contribution in [2.75, 3.05) is 45.9 Å². The molecule has 0 atom stereocenters. The maximum atomic E-state index is 12.1. The highest BCUT2D eigenvalue weighted by molar-refractivity contribution is 5.91. The molecule has 2 heterocycles. The molecule has 1 aliphatic heterocycles. The summed E-state index contributed by atoms with van der Waals surface area (Å²) in [5.41, 5.74) is 2.73. The number of anilines is 1. The van der Waals surface area contributed by atoms with Crippen LogP contribution in [0.25, 0.3) is 0 Å². The van der Waals surface area contributed by atoms with Gasteiger partial charge in [-0.25, -0.2) is 9.97 Å². The first-order valence-electron chi connectivity index (χ1n) is 9.24. The number of nitrogens with zero attached hydrogens (tertiary/aromatic N) is 3. The minimum Gasteiger partial charge on any atom is -0.493 e. The monoisotopic (exact) mass is 386 g/mol. The highest BCUT2D eigenvalue weighted by Gasteiger charge is 2.21. The van der Waals surface area contributed by atoms with Gasteiger partial charge in [0.1, 0.15) is 11.5 Å². The predicted octanol–water partition coefficient (Wildman–Crippen LogP) is 1.82. The molecule has 0 aliphatic carbocycles. The SMILES string of the molecule is COCCCNC(=O)c1cnc(N2CCc3cc(OC)c(OC)cc3C2)cn1. The van der Waals surface area contributed by atoms with E-state index in [4.69, 9.17) is 14.2 Å². The second kappa shape index (κ2) is 9.36. The summed E-state index contributed by atoms with van der Waals surface area (Å²) in [6.07, 6.45) is 4.80. The molecular formula is C20H26N4O4. The van der Waals surface area contributed by atoms with Gasteiger partial charge in [0.15, 0.2) is 11.5 Å². The van der Waals surface area contributed by atoms with E-state index in [0.29, 0.717) is 25.4 Å². The van der Waals surface area contributed by atoms with Crippen molar-refractivity contribution in [3.63, 3.8) is 0 Å². The van der Waals surface area contributed by atoms with E-state index in [9.17, 15) is 4.79 Å². The van der Waals surface area contributed by atoms with Gasteiger partial charge in [-0.3, -0.25) is 4.79 Å². The van der Waals surface area contributed by atoms with Crippen molar-refractivity contribution in [2.24, 2.45) is 0 Å². The largest absolute Gasteiger partial charge is 0.493 e. The molecule has 2 aromatic rings. The van der Waals surface area contributed by atoms with Gasteiger partial charge in [-0.15, -0.1) is 0 Å². The molecule has 1 aromatic heterocycles. The molecule has 8 heteroatoms. The van der Waals surface area contributed by atoms with E-state index in [1.165, 1.54) is 17.3 Å². The van der Waals surface area contributed by atoms with Gasteiger partial charge in [0, 0.05) is 33.4 Å². The number of carbonyl (C=O) groups excluding carboxylic acids is 1. The summed E-state index contributed by atoms with van der Waals surface area (Å²) in [6.45, 7) is 2.68. The Morgan fingerprint density at radius 1 is 1.11 bits per heavy atom. The van der Waals surface area contributed by atoms with Crippen LogP contribution in [0.15, 0.2) is 24.5 Å². The quantitative estimate of drug-likeness (QED) is 0.693. The van der Waals surface area contributed by atoms with Crippen LogP contribution in [0.2, 0.25) is 0 Å². The molecule has 0 bridgehead atoms. The van der Waals surface area contributed by atoms with Gasteiger partial charge in [-0.1, -0.05) is 0 Å². The van der Waals surface area contributed by atoms with Crippen molar-refractivity contribution in [2.45, 2.75) is 19.4 Å². The number of nitrogens with one attached hydrogen (secondary N) is 1.